The highest BCUT2D eigenvalue weighted by Gasteiger charge is 2.22. The molecule has 0 saturated carbocycles. The summed E-state index contributed by atoms with van der Waals surface area (Å²) in [6.45, 7) is 1.40. The molecule has 1 aliphatic rings. The zero-order valence-electron chi connectivity index (χ0n) is 14.2. The molecule has 8 heteroatoms. The SMILES string of the molecule is COc1ccc(Cl)cc1NS(=O)(=O)c1cccc(C(=O)N2CCCC2)c1. The molecule has 1 N–H and O–H groups in total. The van der Waals surface area contributed by atoms with Gasteiger partial charge in [-0.25, -0.2) is 8.42 Å². The Bertz CT molecular complexity index is 925. The third-order valence-electron chi connectivity index (χ3n) is 4.19. The van der Waals surface area contributed by atoms with E-state index < -0.39 is 10.0 Å². The van der Waals surface area contributed by atoms with Gasteiger partial charge in [-0.2, -0.15) is 0 Å². The highest BCUT2D eigenvalue weighted by atomic mass is 35.5. The number of anilines is 1. The van der Waals surface area contributed by atoms with Crippen LogP contribution >= 0.6 is 11.6 Å². The van der Waals surface area contributed by atoms with Crippen LogP contribution in [0, 0.1) is 0 Å². The number of ether oxygens (including phenoxy) is 1. The van der Waals surface area contributed by atoms with E-state index in [0.717, 1.165) is 12.8 Å². The van der Waals surface area contributed by atoms with Gasteiger partial charge >= 0.3 is 0 Å². The van der Waals surface area contributed by atoms with Crippen molar-refractivity contribution in [2.24, 2.45) is 0 Å². The van der Waals surface area contributed by atoms with E-state index in [-0.39, 0.29) is 16.5 Å². The number of nitrogens with zero attached hydrogens (tertiary/aromatic N) is 1. The van der Waals surface area contributed by atoms with Gasteiger partial charge in [0.2, 0.25) is 0 Å². The Morgan fingerprint density at radius 3 is 2.58 bits per heavy atom. The summed E-state index contributed by atoms with van der Waals surface area (Å²) in [6.07, 6.45) is 1.94. The average Bonchev–Trinajstić information content (AvgIpc) is 3.16. The second-order valence-electron chi connectivity index (χ2n) is 5.98. The second kappa shape index (κ2) is 7.55. The zero-order valence-corrected chi connectivity index (χ0v) is 15.8. The van der Waals surface area contributed by atoms with Crippen molar-refractivity contribution in [2.75, 3.05) is 24.9 Å². The van der Waals surface area contributed by atoms with Crippen LogP contribution in [0.15, 0.2) is 47.4 Å². The van der Waals surface area contributed by atoms with E-state index in [4.69, 9.17) is 16.3 Å². The molecule has 0 bridgehead atoms. The molecule has 0 radical (unpaired) electrons. The summed E-state index contributed by atoms with van der Waals surface area (Å²) in [5.74, 6) is 0.196. The Hall–Kier alpha value is -2.25. The van der Waals surface area contributed by atoms with Crippen LogP contribution in [0.1, 0.15) is 23.2 Å². The molecule has 1 aliphatic heterocycles. The molecule has 1 saturated heterocycles. The predicted molar refractivity (Wildman–Crippen MR) is 100 cm³/mol. The van der Waals surface area contributed by atoms with E-state index in [2.05, 4.69) is 4.72 Å². The monoisotopic (exact) mass is 394 g/mol. The van der Waals surface area contributed by atoms with Crippen molar-refractivity contribution in [2.45, 2.75) is 17.7 Å². The third-order valence-corrected chi connectivity index (χ3v) is 5.79. The number of likely N-dealkylation sites (tertiary alicyclic amines) is 1. The summed E-state index contributed by atoms with van der Waals surface area (Å²) < 4.78 is 33.1. The number of carbonyl (C=O) groups excluding carboxylic acids is 1. The summed E-state index contributed by atoms with van der Waals surface area (Å²) in [6, 6.07) is 10.7. The molecule has 2 aromatic rings. The Kier molecular flexibility index (Phi) is 5.38. The zero-order chi connectivity index (χ0) is 18.7. The first-order valence-electron chi connectivity index (χ1n) is 8.16. The van der Waals surface area contributed by atoms with Crippen molar-refractivity contribution in [3.63, 3.8) is 0 Å². The normalized spacial score (nSPS) is 14.3. The maximum atomic E-state index is 12.7. The molecule has 1 heterocycles. The molecule has 0 atom stereocenters. The summed E-state index contributed by atoms with van der Waals surface area (Å²) in [5, 5.41) is 0.376. The number of hydrogen-bond donors (Lipinski definition) is 1. The van der Waals surface area contributed by atoms with Crippen LogP contribution in [0.4, 0.5) is 5.69 Å². The fourth-order valence-corrected chi connectivity index (χ4v) is 4.14. The molecule has 1 fully saturated rings. The lowest BCUT2D eigenvalue weighted by Crippen LogP contribution is -2.27. The molecule has 0 aromatic heterocycles. The Morgan fingerprint density at radius 2 is 1.88 bits per heavy atom. The number of rotatable bonds is 5. The standard InChI is InChI=1S/C18H19ClN2O4S/c1-25-17-8-7-14(19)12-16(17)20-26(23,24)15-6-4-5-13(11-15)18(22)21-9-2-3-10-21/h4-8,11-12,20H,2-3,9-10H2,1H3. The quantitative estimate of drug-likeness (QED) is 0.843. The van der Waals surface area contributed by atoms with E-state index in [1.54, 1.807) is 29.2 Å². The van der Waals surface area contributed by atoms with E-state index >= 15 is 0 Å². The number of halogens is 1. The number of methoxy groups -OCH3 is 1. The molecule has 6 nitrogen and oxygen atoms in total. The molecule has 1 amide bonds. The van der Waals surface area contributed by atoms with Crippen LogP contribution < -0.4 is 9.46 Å². The summed E-state index contributed by atoms with van der Waals surface area (Å²) in [7, 11) is -2.46. The Morgan fingerprint density at radius 1 is 1.15 bits per heavy atom. The first-order valence-corrected chi connectivity index (χ1v) is 10.0. The fraction of sp³-hybridized carbons (Fsp3) is 0.278. The van der Waals surface area contributed by atoms with Crippen LogP contribution in [-0.2, 0) is 10.0 Å². The molecule has 138 valence electrons. The van der Waals surface area contributed by atoms with Crippen LogP contribution in [-0.4, -0.2) is 39.4 Å². The Labute approximate surface area is 157 Å². The highest BCUT2D eigenvalue weighted by molar-refractivity contribution is 7.92. The molecule has 2 aromatic carbocycles. The van der Waals surface area contributed by atoms with E-state index in [0.29, 0.717) is 29.4 Å². The van der Waals surface area contributed by atoms with Crippen molar-refractivity contribution >= 4 is 33.2 Å². The van der Waals surface area contributed by atoms with Crippen molar-refractivity contribution < 1.29 is 17.9 Å². The third kappa shape index (κ3) is 3.94. The predicted octanol–water partition coefficient (Wildman–Crippen LogP) is 3.39. The lowest BCUT2D eigenvalue weighted by Gasteiger charge is -2.16. The van der Waals surface area contributed by atoms with Gasteiger partial charge < -0.3 is 9.64 Å². The van der Waals surface area contributed by atoms with Crippen LogP contribution in [0.5, 0.6) is 5.75 Å². The first kappa shape index (κ1) is 18.5. The smallest absolute Gasteiger partial charge is 0.262 e. The van der Waals surface area contributed by atoms with Crippen molar-refractivity contribution in [3.8, 4) is 5.75 Å². The van der Waals surface area contributed by atoms with Gasteiger partial charge in [0.25, 0.3) is 15.9 Å². The van der Waals surface area contributed by atoms with Gasteiger partial charge in [0, 0.05) is 23.7 Å². The van der Waals surface area contributed by atoms with Crippen LogP contribution in [0.3, 0.4) is 0 Å². The molecule has 0 unspecified atom stereocenters. The lowest BCUT2D eigenvalue weighted by atomic mass is 10.2. The second-order valence-corrected chi connectivity index (χ2v) is 8.10. The summed E-state index contributed by atoms with van der Waals surface area (Å²) in [5.41, 5.74) is 0.587. The summed E-state index contributed by atoms with van der Waals surface area (Å²) in [4.78, 5) is 14.2. The van der Waals surface area contributed by atoms with Gasteiger partial charge in [-0.3, -0.25) is 9.52 Å². The number of carbonyl (C=O) groups is 1. The minimum absolute atomic E-state index is 0.00424. The maximum Gasteiger partial charge on any atom is 0.262 e. The largest absolute Gasteiger partial charge is 0.495 e. The van der Waals surface area contributed by atoms with Gasteiger partial charge in [0.15, 0.2) is 0 Å². The topological polar surface area (TPSA) is 75.7 Å². The maximum absolute atomic E-state index is 12.7. The van der Waals surface area contributed by atoms with Crippen molar-refractivity contribution in [1.82, 2.24) is 4.90 Å². The minimum Gasteiger partial charge on any atom is -0.495 e. The van der Waals surface area contributed by atoms with Gasteiger partial charge in [-0.15, -0.1) is 0 Å². The van der Waals surface area contributed by atoms with Crippen LogP contribution in [0.2, 0.25) is 5.02 Å². The van der Waals surface area contributed by atoms with Crippen molar-refractivity contribution in [3.05, 3.63) is 53.1 Å². The first-order chi connectivity index (χ1) is 12.4. The highest BCUT2D eigenvalue weighted by Crippen LogP contribution is 2.30. The molecule has 26 heavy (non-hydrogen) atoms. The number of sulfonamides is 1. The van der Waals surface area contributed by atoms with Crippen LogP contribution in [0.25, 0.3) is 0 Å². The molecular formula is C18H19ClN2O4S. The fourth-order valence-electron chi connectivity index (χ4n) is 2.86. The van der Waals surface area contributed by atoms with Gasteiger partial charge in [-0.05, 0) is 49.2 Å². The number of amides is 1. The summed E-state index contributed by atoms with van der Waals surface area (Å²) >= 11 is 5.95. The van der Waals surface area contributed by atoms with E-state index in [1.165, 1.54) is 25.3 Å². The van der Waals surface area contributed by atoms with Crippen molar-refractivity contribution in [1.29, 1.82) is 0 Å². The molecule has 0 spiro atoms. The molecule has 3 rings (SSSR count). The number of hydrogen-bond acceptors (Lipinski definition) is 4. The number of nitrogens with one attached hydrogen (secondary N) is 1. The Balaban J connectivity index is 1.89. The molecular weight excluding hydrogens is 376 g/mol. The van der Waals surface area contributed by atoms with E-state index in [9.17, 15) is 13.2 Å². The average molecular weight is 395 g/mol. The van der Waals surface area contributed by atoms with Gasteiger partial charge in [-0.1, -0.05) is 17.7 Å². The minimum atomic E-state index is -3.90. The molecule has 0 aliphatic carbocycles. The number of benzene rings is 2. The lowest BCUT2D eigenvalue weighted by molar-refractivity contribution is 0.0792. The van der Waals surface area contributed by atoms with E-state index in [1.807, 2.05) is 0 Å². The van der Waals surface area contributed by atoms with Gasteiger partial charge in [0.05, 0.1) is 17.7 Å². The van der Waals surface area contributed by atoms with Gasteiger partial charge in [0.1, 0.15) is 5.75 Å².